The first-order valence-electron chi connectivity index (χ1n) is 16.4. The molecule has 222 valence electrons. The average molecular weight is 611 g/mol. The van der Waals surface area contributed by atoms with Crippen LogP contribution in [0.15, 0.2) is 158 Å². The summed E-state index contributed by atoms with van der Waals surface area (Å²) in [5, 5.41) is 8.48. The highest BCUT2D eigenvalue weighted by atomic mass is 15.2. The predicted octanol–water partition coefficient (Wildman–Crippen LogP) is 11.2. The summed E-state index contributed by atoms with van der Waals surface area (Å²) in [7, 11) is 0. The second-order valence-corrected chi connectivity index (χ2v) is 12.6. The van der Waals surface area contributed by atoms with Gasteiger partial charge in [-0.1, -0.05) is 121 Å². The maximum atomic E-state index is 5.42. The van der Waals surface area contributed by atoms with Gasteiger partial charge in [0.05, 0.1) is 38.8 Å². The van der Waals surface area contributed by atoms with Crippen LogP contribution in [0.1, 0.15) is 0 Å². The molecule has 0 saturated heterocycles. The molecule has 0 bridgehead atoms. The van der Waals surface area contributed by atoms with Gasteiger partial charge in [-0.25, -0.2) is 9.97 Å². The van der Waals surface area contributed by atoms with Gasteiger partial charge in [0.2, 0.25) is 5.95 Å². The molecule has 4 heteroatoms. The Labute approximate surface area is 275 Å². The third-order valence-electron chi connectivity index (χ3n) is 10.1. The van der Waals surface area contributed by atoms with E-state index in [2.05, 4.69) is 167 Å². The zero-order chi connectivity index (χ0) is 31.3. The van der Waals surface area contributed by atoms with Gasteiger partial charge >= 0.3 is 0 Å². The molecule has 0 saturated carbocycles. The summed E-state index contributed by atoms with van der Waals surface area (Å²) in [5.74, 6) is 0.666. The minimum absolute atomic E-state index is 0.666. The molecule has 0 N–H and O–H groups in total. The molecule has 0 aliphatic rings. The quantitative estimate of drug-likeness (QED) is 0.199. The number of rotatable bonds is 3. The van der Waals surface area contributed by atoms with E-state index in [9.17, 15) is 0 Å². The fourth-order valence-electron chi connectivity index (χ4n) is 8.04. The Hall–Kier alpha value is -6.52. The highest BCUT2D eigenvalue weighted by molar-refractivity contribution is 6.31. The molecule has 0 aliphatic heterocycles. The highest BCUT2D eigenvalue weighted by Gasteiger charge is 2.23. The fourth-order valence-corrected chi connectivity index (χ4v) is 8.04. The summed E-state index contributed by atoms with van der Waals surface area (Å²) in [6, 6.07) is 56.3. The van der Waals surface area contributed by atoms with E-state index < -0.39 is 0 Å². The SMILES string of the molecule is c1ccc(-c2ccc3nc(-n4c5cccc6c7cccc8c9ccccc9n(c9cccc4c9c65)c78)nc(-c4ccccc4)c3c2)cc1. The van der Waals surface area contributed by atoms with Gasteiger partial charge < -0.3 is 4.40 Å². The van der Waals surface area contributed by atoms with E-state index >= 15 is 0 Å². The Morgan fingerprint density at radius 1 is 0.375 bits per heavy atom. The lowest BCUT2D eigenvalue weighted by molar-refractivity contribution is 1.01. The van der Waals surface area contributed by atoms with E-state index in [1.807, 2.05) is 0 Å². The summed E-state index contributed by atoms with van der Waals surface area (Å²) >= 11 is 0. The van der Waals surface area contributed by atoms with E-state index in [0.717, 1.165) is 38.8 Å². The number of aromatic nitrogens is 4. The molecule has 0 radical (unpaired) electrons. The molecule has 4 aromatic heterocycles. The van der Waals surface area contributed by atoms with Crippen LogP contribution in [0, 0.1) is 0 Å². The van der Waals surface area contributed by atoms with E-state index in [4.69, 9.17) is 9.97 Å². The molecule has 48 heavy (non-hydrogen) atoms. The molecule has 0 aliphatic carbocycles. The number of benzene rings is 7. The molecule has 0 spiro atoms. The van der Waals surface area contributed by atoms with Crippen LogP contribution >= 0.6 is 0 Å². The van der Waals surface area contributed by atoms with E-state index in [1.54, 1.807) is 0 Å². The zero-order valence-electron chi connectivity index (χ0n) is 25.8. The van der Waals surface area contributed by atoms with Crippen molar-refractivity contribution >= 4 is 70.8 Å². The summed E-state index contributed by atoms with van der Waals surface area (Å²) in [6.07, 6.45) is 0. The van der Waals surface area contributed by atoms with E-state index in [0.29, 0.717) is 5.95 Å². The topological polar surface area (TPSA) is 35.1 Å². The molecular weight excluding hydrogens is 585 g/mol. The first-order chi connectivity index (χ1) is 23.8. The van der Waals surface area contributed by atoms with Crippen molar-refractivity contribution in [2.45, 2.75) is 0 Å². The first-order valence-corrected chi connectivity index (χ1v) is 16.4. The molecule has 4 heterocycles. The third-order valence-corrected chi connectivity index (χ3v) is 10.1. The Morgan fingerprint density at radius 3 is 1.81 bits per heavy atom. The first kappa shape index (κ1) is 25.6. The second kappa shape index (κ2) is 9.50. The minimum Gasteiger partial charge on any atom is -0.308 e. The Bertz CT molecular complexity index is 3040. The molecule has 0 atom stereocenters. The normalized spacial score (nSPS) is 12.2. The second-order valence-electron chi connectivity index (χ2n) is 12.6. The van der Waals surface area contributed by atoms with Gasteiger partial charge in [-0.3, -0.25) is 4.57 Å². The fraction of sp³-hybridized carbons (Fsp3) is 0. The Morgan fingerprint density at radius 2 is 0.979 bits per heavy atom. The average Bonchev–Trinajstić information content (AvgIpc) is 3.64. The number of nitrogens with zero attached hydrogens (tertiary/aromatic N) is 4. The minimum atomic E-state index is 0.666. The van der Waals surface area contributed by atoms with Gasteiger partial charge in [0.1, 0.15) is 0 Å². The molecule has 0 fully saturated rings. The number of para-hydroxylation sites is 2. The maximum absolute atomic E-state index is 5.42. The molecule has 11 aromatic rings. The zero-order valence-corrected chi connectivity index (χ0v) is 25.8. The maximum Gasteiger partial charge on any atom is 0.235 e. The van der Waals surface area contributed by atoms with Crippen molar-refractivity contribution in [3.05, 3.63) is 158 Å². The lowest BCUT2D eigenvalue weighted by Gasteiger charge is -2.13. The van der Waals surface area contributed by atoms with Crippen LogP contribution in [-0.2, 0) is 0 Å². The van der Waals surface area contributed by atoms with Crippen LogP contribution < -0.4 is 0 Å². The van der Waals surface area contributed by atoms with Crippen molar-refractivity contribution in [3.8, 4) is 28.3 Å². The van der Waals surface area contributed by atoms with Gasteiger partial charge in [-0.2, -0.15) is 0 Å². The van der Waals surface area contributed by atoms with Crippen LogP contribution in [0.5, 0.6) is 0 Å². The summed E-state index contributed by atoms with van der Waals surface area (Å²) in [6.45, 7) is 0. The van der Waals surface area contributed by atoms with Crippen molar-refractivity contribution in [1.29, 1.82) is 0 Å². The summed E-state index contributed by atoms with van der Waals surface area (Å²) in [5.41, 5.74) is 11.1. The van der Waals surface area contributed by atoms with Crippen LogP contribution in [0.25, 0.3) is 99.1 Å². The predicted molar refractivity (Wildman–Crippen MR) is 199 cm³/mol. The lowest BCUT2D eigenvalue weighted by atomic mass is 10.0. The molecule has 0 amide bonds. The molecule has 0 unspecified atom stereocenters. The van der Waals surface area contributed by atoms with Gasteiger partial charge in [0.25, 0.3) is 0 Å². The van der Waals surface area contributed by atoms with Gasteiger partial charge in [-0.15, -0.1) is 0 Å². The third kappa shape index (κ3) is 3.38. The smallest absolute Gasteiger partial charge is 0.235 e. The molecule has 4 nitrogen and oxygen atoms in total. The molecule has 7 aromatic carbocycles. The molecular formula is C44H26N4. The van der Waals surface area contributed by atoms with Gasteiger partial charge in [0, 0.05) is 37.9 Å². The van der Waals surface area contributed by atoms with Gasteiger partial charge in [0.15, 0.2) is 0 Å². The summed E-state index contributed by atoms with van der Waals surface area (Å²) in [4.78, 5) is 10.7. The number of hydrogen-bond acceptors (Lipinski definition) is 2. The van der Waals surface area contributed by atoms with Crippen molar-refractivity contribution in [2.24, 2.45) is 0 Å². The lowest BCUT2D eigenvalue weighted by Crippen LogP contribution is -2.03. The summed E-state index contributed by atoms with van der Waals surface area (Å²) < 4.78 is 4.74. The molecule has 11 rings (SSSR count). The van der Waals surface area contributed by atoms with Crippen molar-refractivity contribution < 1.29 is 0 Å². The van der Waals surface area contributed by atoms with E-state index in [-0.39, 0.29) is 0 Å². The van der Waals surface area contributed by atoms with Crippen molar-refractivity contribution in [2.75, 3.05) is 0 Å². The van der Waals surface area contributed by atoms with Crippen molar-refractivity contribution in [3.63, 3.8) is 0 Å². The van der Waals surface area contributed by atoms with Crippen LogP contribution in [0.2, 0.25) is 0 Å². The van der Waals surface area contributed by atoms with Crippen molar-refractivity contribution in [1.82, 2.24) is 18.9 Å². The van der Waals surface area contributed by atoms with Crippen LogP contribution in [0.4, 0.5) is 0 Å². The highest BCUT2D eigenvalue weighted by Crippen LogP contribution is 2.44. The monoisotopic (exact) mass is 610 g/mol. The van der Waals surface area contributed by atoms with Crippen LogP contribution in [0.3, 0.4) is 0 Å². The standard InChI is InChI=1S/C44H26N4/c1-3-12-27(13-4-1)29-24-25-35-34(26-29)42(28-14-5-2-6-15-28)46-44(45-35)48-37-21-10-17-31-33-19-9-18-32-30-16-7-8-20-36(30)47(43(32)33)38-22-11-23-39(48)41(38)40(31)37/h1-26H. The largest absolute Gasteiger partial charge is 0.308 e. The Kier molecular flexibility index (Phi) is 5.08. The van der Waals surface area contributed by atoms with Gasteiger partial charge in [-0.05, 0) is 52.9 Å². The number of hydrogen-bond donors (Lipinski definition) is 0. The van der Waals surface area contributed by atoms with E-state index in [1.165, 1.54) is 54.4 Å². The van der Waals surface area contributed by atoms with Crippen LogP contribution in [-0.4, -0.2) is 18.9 Å². The number of fused-ring (bicyclic) bond motifs is 6. The Balaban J connectivity index is 1.30.